The fourth-order valence-electron chi connectivity index (χ4n) is 1.36. The largest absolute Gasteiger partial charge is 0.477 e. The Morgan fingerprint density at radius 1 is 1.53 bits per heavy atom. The Labute approximate surface area is 84.2 Å². The molecule has 0 bridgehead atoms. The number of H-pyrrole nitrogens is 1. The summed E-state index contributed by atoms with van der Waals surface area (Å²) in [6, 6.07) is 0. The molecular formula is C9H9N3O3. The molecule has 6 nitrogen and oxygen atoms in total. The molecule has 0 saturated heterocycles. The van der Waals surface area contributed by atoms with E-state index in [4.69, 9.17) is 5.11 Å². The summed E-state index contributed by atoms with van der Waals surface area (Å²) in [5, 5.41) is 11.4. The predicted molar refractivity (Wildman–Crippen MR) is 52.2 cm³/mol. The first kappa shape index (κ1) is 9.45. The number of aryl methyl sites for hydroxylation is 1. The van der Waals surface area contributed by atoms with Gasteiger partial charge in [-0.1, -0.05) is 0 Å². The summed E-state index contributed by atoms with van der Waals surface area (Å²) in [4.78, 5) is 26.6. The lowest BCUT2D eigenvalue weighted by atomic mass is 10.2. The maximum atomic E-state index is 11.7. The third kappa shape index (κ3) is 1.22. The van der Waals surface area contributed by atoms with Crippen molar-refractivity contribution in [2.45, 2.75) is 13.8 Å². The average molecular weight is 207 g/mol. The number of aromatic nitrogens is 3. The van der Waals surface area contributed by atoms with E-state index in [1.807, 2.05) is 0 Å². The molecule has 2 rings (SSSR count). The number of carboxylic acids is 1. The van der Waals surface area contributed by atoms with Gasteiger partial charge in [-0.2, -0.15) is 0 Å². The molecule has 0 radical (unpaired) electrons. The van der Waals surface area contributed by atoms with Gasteiger partial charge in [-0.3, -0.25) is 9.89 Å². The van der Waals surface area contributed by atoms with Crippen LogP contribution in [0.4, 0.5) is 0 Å². The summed E-state index contributed by atoms with van der Waals surface area (Å²) in [5.74, 6) is -1.11. The van der Waals surface area contributed by atoms with E-state index in [0.717, 1.165) is 4.52 Å². The van der Waals surface area contributed by atoms with Crippen molar-refractivity contribution in [1.29, 1.82) is 0 Å². The number of carboxylic acid groups (broad SMARTS) is 1. The third-order valence-corrected chi connectivity index (χ3v) is 2.36. The number of hydrogen-bond donors (Lipinski definition) is 2. The van der Waals surface area contributed by atoms with Gasteiger partial charge in [-0.15, -0.1) is 0 Å². The molecule has 2 aromatic rings. The lowest BCUT2D eigenvalue weighted by molar-refractivity contribution is 0.0699. The second-order valence-electron chi connectivity index (χ2n) is 3.28. The van der Waals surface area contributed by atoms with Crippen molar-refractivity contribution >= 4 is 11.6 Å². The SMILES string of the molecule is Cc1nc2c(C(=O)O)c[nH]n2c(=O)c1C. The van der Waals surface area contributed by atoms with Crippen LogP contribution in [0.5, 0.6) is 0 Å². The molecule has 0 aliphatic heterocycles. The molecule has 0 fully saturated rings. The van der Waals surface area contributed by atoms with Crippen LogP contribution in [0, 0.1) is 13.8 Å². The molecule has 0 aromatic carbocycles. The highest BCUT2D eigenvalue weighted by Gasteiger charge is 2.15. The second-order valence-corrected chi connectivity index (χ2v) is 3.28. The quantitative estimate of drug-likeness (QED) is 0.705. The van der Waals surface area contributed by atoms with Gasteiger partial charge in [0.1, 0.15) is 5.56 Å². The van der Waals surface area contributed by atoms with Crippen LogP contribution >= 0.6 is 0 Å². The van der Waals surface area contributed by atoms with E-state index in [1.54, 1.807) is 13.8 Å². The van der Waals surface area contributed by atoms with E-state index >= 15 is 0 Å². The zero-order chi connectivity index (χ0) is 11.2. The Hall–Kier alpha value is -2.11. The third-order valence-electron chi connectivity index (χ3n) is 2.36. The van der Waals surface area contributed by atoms with Crippen LogP contribution in [-0.4, -0.2) is 25.7 Å². The summed E-state index contributed by atoms with van der Waals surface area (Å²) in [6.07, 6.45) is 1.25. The minimum atomic E-state index is -1.11. The molecule has 0 aliphatic carbocycles. The number of rotatable bonds is 1. The fraction of sp³-hybridized carbons (Fsp3) is 0.222. The number of fused-ring (bicyclic) bond motifs is 1. The maximum absolute atomic E-state index is 11.7. The number of hydrogen-bond acceptors (Lipinski definition) is 3. The molecule has 78 valence electrons. The van der Waals surface area contributed by atoms with Crippen LogP contribution in [0.2, 0.25) is 0 Å². The predicted octanol–water partition coefficient (Wildman–Crippen LogP) is 0.338. The first-order chi connectivity index (χ1) is 7.02. The van der Waals surface area contributed by atoms with Crippen molar-refractivity contribution in [3.05, 3.63) is 33.4 Å². The van der Waals surface area contributed by atoms with E-state index in [-0.39, 0.29) is 16.8 Å². The van der Waals surface area contributed by atoms with Gasteiger partial charge in [-0.05, 0) is 13.8 Å². The summed E-state index contributed by atoms with van der Waals surface area (Å²) in [6.45, 7) is 3.33. The first-order valence-corrected chi connectivity index (χ1v) is 4.33. The van der Waals surface area contributed by atoms with Crippen LogP contribution in [-0.2, 0) is 0 Å². The van der Waals surface area contributed by atoms with Gasteiger partial charge in [0.15, 0.2) is 5.65 Å². The van der Waals surface area contributed by atoms with E-state index in [9.17, 15) is 9.59 Å². The normalized spacial score (nSPS) is 10.8. The number of nitrogens with one attached hydrogen (secondary N) is 1. The summed E-state index contributed by atoms with van der Waals surface area (Å²) < 4.78 is 1.13. The van der Waals surface area contributed by atoms with Gasteiger partial charge in [0.05, 0.1) is 0 Å². The summed E-state index contributed by atoms with van der Waals surface area (Å²) in [5.41, 5.74) is 0.921. The standard InChI is InChI=1S/C9H9N3O3/c1-4-5(2)11-7-6(9(14)15)3-10-12(7)8(4)13/h3,10H,1-2H3,(H,14,15). The fourth-order valence-corrected chi connectivity index (χ4v) is 1.36. The Kier molecular flexibility index (Phi) is 1.85. The summed E-state index contributed by atoms with van der Waals surface area (Å²) in [7, 11) is 0. The molecule has 0 unspecified atom stereocenters. The highest BCUT2D eigenvalue weighted by atomic mass is 16.4. The highest BCUT2D eigenvalue weighted by molar-refractivity contribution is 5.94. The average Bonchev–Trinajstić information content (AvgIpc) is 2.58. The topological polar surface area (TPSA) is 87.5 Å². The van der Waals surface area contributed by atoms with Crippen LogP contribution in [0.1, 0.15) is 21.6 Å². The maximum Gasteiger partial charge on any atom is 0.341 e. The van der Waals surface area contributed by atoms with Crippen LogP contribution in [0.25, 0.3) is 5.65 Å². The van der Waals surface area contributed by atoms with Crippen LogP contribution in [0.3, 0.4) is 0 Å². The van der Waals surface area contributed by atoms with Crippen molar-refractivity contribution in [2.75, 3.05) is 0 Å². The van der Waals surface area contributed by atoms with E-state index in [1.165, 1.54) is 6.20 Å². The van der Waals surface area contributed by atoms with Crippen molar-refractivity contribution in [3.8, 4) is 0 Å². The van der Waals surface area contributed by atoms with E-state index in [2.05, 4.69) is 10.1 Å². The zero-order valence-corrected chi connectivity index (χ0v) is 8.24. The molecule has 0 saturated carbocycles. The number of aromatic amines is 1. The van der Waals surface area contributed by atoms with Gasteiger partial charge < -0.3 is 5.11 Å². The van der Waals surface area contributed by atoms with Crippen molar-refractivity contribution in [1.82, 2.24) is 14.6 Å². The van der Waals surface area contributed by atoms with Crippen LogP contribution in [0.15, 0.2) is 11.0 Å². The van der Waals surface area contributed by atoms with E-state index < -0.39 is 5.97 Å². The molecule has 0 amide bonds. The van der Waals surface area contributed by atoms with Gasteiger partial charge in [0.2, 0.25) is 0 Å². The van der Waals surface area contributed by atoms with Crippen molar-refractivity contribution < 1.29 is 9.90 Å². The van der Waals surface area contributed by atoms with E-state index in [0.29, 0.717) is 11.3 Å². The van der Waals surface area contributed by atoms with Crippen LogP contribution < -0.4 is 5.56 Å². The monoisotopic (exact) mass is 207 g/mol. The van der Waals surface area contributed by atoms with Crippen molar-refractivity contribution in [3.63, 3.8) is 0 Å². The molecule has 0 aliphatic rings. The lowest BCUT2D eigenvalue weighted by Crippen LogP contribution is -2.19. The van der Waals surface area contributed by atoms with Crippen molar-refractivity contribution in [2.24, 2.45) is 0 Å². The molecular weight excluding hydrogens is 198 g/mol. The zero-order valence-electron chi connectivity index (χ0n) is 8.24. The molecule has 0 atom stereocenters. The van der Waals surface area contributed by atoms with Gasteiger partial charge in [-0.25, -0.2) is 14.3 Å². The first-order valence-electron chi connectivity index (χ1n) is 4.33. The highest BCUT2D eigenvalue weighted by Crippen LogP contribution is 2.07. The minimum absolute atomic E-state index is 0.00444. The molecule has 2 heterocycles. The second kappa shape index (κ2) is 2.94. The number of carbonyl (C=O) groups is 1. The molecule has 6 heteroatoms. The van der Waals surface area contributed by atoms with Gasteiger partial charge >= 0.3 is 5.97 Å². The Morgan fingerprint density at radius 2 is 2.20 bits per heavy atom. The Balaban J connectivity index is 2.96. The molecule has 2 aromatic heterocycles. The molecule has 2 N–H and O–H groups in total. The molecule has 0 spiro atoms. The smallest absolute Gasteiger partial charge is 0.341 e. The Morgan fingerprint density at radius 3 is 2.80 bits per heavy atom. The minimum Gasteiger partial charge on any atom is -0.477 e. The lowest BCUT2D eigenvalue weighted by Gasteiger charge is -1.99. The Bertz CT molecular complexity index is 609. The van der Waals surface area contributed by atoms with Gasteiger partial charge in [0, 0.05) is 17.5 Å². The summed E-state index contributed by atoms with van der Waals surface area (Å²) >= 11 is 0. The van der Waals surface area contributed by atoms with Gasteiger partial charge in [0.25, 0.3) is 5.56 Å². The number of aromatic carboxylic acids is 1. The molecule has 15 heavy (non-hydrogen) atoms. The number of nitrogens with zero attached hydrogens (tertiary/aromatic N) is 2.